The summed E-state index contributed by atoms with van der Waals surface area (Å²) in [5.41, 5.74) is 0.961. The van der Waals surface area contributed by atoms with Crippen molar-refractivity contribution < 1.29 is 13.9 Å². The molecule has 2 nitrogen and oxygen atoms in total. The average Bonchev–Trinajstić information content (AvgIpc) is 2.73. The largest absolute Gasteiger partial charge is 0.490 e. The fraction of sp³-hybridized carbons (Fsp3) is 0.571. The van der Waals surface area contributed by atoms with Gasteiger partial charge in [0.1, 0.15) is 17.7 Å². The van der Waals surface area contributed by atoms with E-state index in [1.165, 1.54) is 6.07 Å². The van der Waals surface area contributed by atoms with Crippen LogP contribution in [-0.4, -0.2) is 24.7 Å². The molecule has 1 fully saturated rings. The lowest BCUT2D eigenvalue weighted by atomic mass is 9.93. The van der Waals surface area contributed by atoms with Crippen molar-refractivity contribution in [2.24, 2.45) is 5.92 Å². The van der Waals surface area contributed by atoms with Gasteiger partial charge in [-0.3, -0.25) is 0 Å². The molecule has 18 heavy (non-hydrogen) atoms. The molecule has 0 spiro atoms. The van der Waals surface area contributed by atoms with Crippen molar-refractivity contribution in [3.8, 4) is 5.75 Å². The summed E-state index contributed by atoms with van der Waals surface area (Å²) in [7, 11) is 0. The fourth-order valence-electron chi connectivity index (χ4n) is 2.74. The van der Waals surface area contributed by atoms with Gasteiger partial charge in [0.05, 0.1) is 6.61 Å². The molecule has 3 atom stereocenters. The van der Waals surface area contributed by atoms with Crippen LogP contribution in [-0.2, 0) is 11.2 Å². The van der Waals surface area contributed by atoms with Gasteiger partial charge in [0.2, 0.25) is 0 Å². The van der Waals surface area contributed by atoms with E-state index in [2.05, 4.69) is 0 Å². The van der Waals surface area contributed by atoms with Gasteiger partial charge in [0.25, 0.3) is 0 Å². The summed E-state index contributed by atoms with van der Waals surface area (Å²) in [6.45, 7) is 1.46. The van der Waals surface area contributed by atoms with Crippen LogP contribution in [0.2, 0.25) is 0 Å². The van der Waals surface area contributed by atoms with Crippen LogP contribution in [0.5, 0.6) is 5.75 Å². The molecule has 3 unspecified atom stereocenters. The Labute approximate surface area is 111 Å². The van der Waals surface area contributed by atoms with Gasteiger partial charge in [0, 0.05) is 29.9 Å². The maximum atomic E-state index is 13.1. The number of ether oxygens (including phenoxy) is 2. The van der Waals surface area contributed by atoms with E-state index in [9.17, 15) is 4.39 Å². The quantitative estimate of drug-likeness (QED) is 0.769. The number of fused-ring (bicyclic) bond motifs is 1. The first-order chi connectivity index (χ1) is 8.72. The number of halogens is 2. The summed E-state index contributed by atoms with van der Waals surface area (Å²) in [6, 6.07) is 4.71. The predicted octanol–water partition coefficient (Wildman–Crippen LogP) is 3.16. The molecule has 1 saturated heterocycles. The topological polar surface area (TPSA) is 18.5 Å². The third kappa shape index (κ3) is 2.47. The Morgan fingerprint density at radius 3 is 3.11 bits per heavy atom. The Morgan fingerprint density at radius 1 is 1.39 bits per heavy atom. The van der Waals surface area contributed by atoms with Gasteiger partial charge in [0.15, 0.2) is 0 Å². The van der Waals surface area contributed by atoms with Crippen LogP contribution in [0.25, 0.3) is 0 Å². The molecule has 0 N–H and O–H groups in total. The standard InChI is InChI=1S/C14H16ClFO2/c15-13-3-4-17-8-10(13)7-12-6-9-5-11(16)1-2-14(9)18-12/h1-2,5,10,12-13H,3-4,6-8H2. The lowest BCUT2D eigenvalue weighted by Crippen LogP contribution is -2.32. The second-order valence-corrected chi connectivity index (χ2v) is 5.63. The van der Waals surface area contributed by atoms with Crippen LogP contribution < -0.4 is 4.74 Å². The van der Waals surface area contributed by atoms with Crippen LogP contribution >= 0.6 is 11.6 Å². The Kier molecular flexibility index (Phi) is 3.44. The summed E-state index contributed by atoms with van der Waals surface area (Å²) in [6.07, 6.45) is 2.66. The van der Waals surface area contributed by atoms with E-state index in [1.54, 1.807) is 12.1 Å². The molecule has 0 aliphatic carbocycles. The molecule has 2 aliphatic heterocycles. The molecule has 1 aromatic carbocycles. The Bertz CT molecular complexity index is 438. The van der Waals surface area contributed by atoms with E-state index in [0.717, 1.165) is 37.2 Å². The highest BCUT2D eigenvalue weighted by Gasteiger charge is 2.31. The lowest BCUT2D eigenvalue weighted by Gasteiger charge is -2.28. The molecular weight excluding hydrogens is 255 g/mol. The first-order valence-electron chi connectivity index (χ1n) is 6.39. The molecule has 4 heteroatoms. The van der Waals surface area contributed by atoms with Crippen LogP contribution in [0.15, 0.2) is 18.2 Å². The number of hydrogen-bond acceptors (Lipinski definition) is 2. The minimum Gasteiger partial charge on any atom is -0.490 e. The van der Waals surface area contributed by atoms with Crippen molar-refractivity contribution in [1.29, 1.82) is 0 Å². The second-order valence-electron chi connectivity index (χ2n) is 5.07. The zero-order chi connectivity index (χ0) is 12.5. The van der Waals surface area contributed by atoms with E-state index in [0.29, 0.717) is 12.5 Å². The first-order valence-corrected chi connectivity index (χ1v) is 6.83. The van der Waals surface area contributed by atoms with Gasteiger partial charge < -0.3 is 9.47 Å². The Hall–Kier alpha value is -0.800. The zero-order valence-corrected chi connectivity index (χ0v) is 10.8. The molecule has 0 saturated carbocycles. The molecule has 0 amide bonds. The maximum Gasteiger partial charge on any atom is 0.123 e. The van der Waals surface area contributed by atoms with Crippen molar-refractivity contribution in [3.63, 3.8) is 0 Å². The van der Waals surface area contributed by atoms with Gasteiger partial charge in [-0.2, -0.15) is 0 Å². The van der Waals surface area contributed by atoms with E-state index in [4.69, 9.17) is 21.1 Å². The summed E-state index contributed by atoms with van der Waals surface area (Å²) in [4.78, 5) is 0. The molecule has 0 radical (unpaired) electrons. The highest BCUT2D eigenvalue weighted by Crippen LogP contribution is 2.34. The second kappa shape index (κ2) is 5.06. The third-order valence-corrected chi connectivity index (χ3v) is 4.29. The molecular formula is C14H16ClFO2. The van der Waals surface area contributed by atoms with Crippen molar-refractivity contribution in [1.82, 2.24) is 0 Å². The van der Waals surface area contributed by atoms with Crippen molar-refractivity contribution in [3.05, 3.63) is 29.6 Å². The van der Waals surface area contributed by atoms with Gasteiger partial charge in [-0.25, -0.2) is 4.39 Å². The Morgan fingerprint density at radius 2 is 2.28 bits per heavy atom. The van der Waals surface area contributed by atoms with E-state index in [1.807, 2.05) is 0 Å². The minimum absolute atomic E-state index is 0.106. The predicted molar refractivity (Wildman–Crippen MR) is 67.7 cm³/mol. The minimum atomic E-state index is -0.200. The molecule has 2 heterocycles. The summed E-state index contributed by atoms with van der Waals surface area (Å²) in [5, 5.41) is 0.169. The number of benzene rings is 1. The first kappa shape index (κ1) is 12.2. The van der Waals surface area contributed by atoms with Crippen LogP contribution in [0.1, 0.15) is 18.4 Å². The molecule has 1 aromatic rings. The maximum absolute atomic E-state index is 13.1. The lowest BCUT2D eigenvalue weighted by molar-refractivity contribution is 0.0397. The average molecular weight is 271 g/mol. The zero-order valence-electron chi connectivity index (χ0n) is 10.1. The van der Waals surface area contributed by atoms with Crippen molar-refractivity contribution >= 4 is 11.6 Å². The van der Waals surface area contributed by atoms with E-state index < -0.39 is 0 Å². The fourth-order valence-corrected chi connectivity index (χ4v) is 3.01. The van der Waals surface area contributed by atoms with Crippen LogP contribution in [0.4, 0.5) is 4.39 Å². The number of hydrogen-bond donors (Lipinski definition) is 0. The van der Waals surface area contributed by atoms with Crippen LogP contribution in [0.3, 0.4) is 0 Å². The van der Waals surface area contributed by atoms with Gasteiger partial charge in [-0.15, -0.1) is 11.6 Å². The monoisotopic (exact) mass is 270 g/mol. The van der Waals surface area contributed by atoms with Gasteiger partial charge >= 0.3 is 0 Å². The highest BCUT2D eigenvalue weighted by atomic mass is 35.5. The van der Waals surface area contributed by atoms with Crippen LogP contribution in [0, 0.1) is 11.7 Å². The van der Waals surface area contributed by atoms with Gasteiger partial charge in [-0.05, 0) is 31.0 Å². The summed E-state index contributed by atoms with van der Waals surface area (Å²) in [5.74, 6) is 0.947. The van der Waals surface area contributed by atoms with E-state index in [-0.39, 0.29) is 17.3 Å². The number of alkyl halides is 1. The molecule has 98 valence electrons. The molecule has 3 rings (SSSR count). The van der Waals surface area contributed by atoms with Crippen molar-refractivity contribution in [2.75, 3.05) is 13.2 Å². The molecule has 0 aromatic heterocycles. The molecule has 0 bridgehead atoms. The third-order valence-electron chi connectivity index (χ3n) is 3.71. The van der Waals surface area contributed by atoms with Crippen molar-refractivity contribution in [2.45, 2.75) is 30.7 Å². The SMILES string of the molecule is Fc1ccc2c(c1)CC(CC1COCCC1Cl)O2. The van der Waals surface area contributed by atoms with Gasteiger partial charge in [-0.1, -0.05) is 0 Å². The Balaban J connectivity index is 1.63. The summed E-state index contributed by atoms with van der Waals surface area (Å²) >= 11 is 6.30. The highest BCUT2D eigenvalue weighted by molar-refractivity contribution is 6.20. The summed E-state index contributed by atoms with van der Waals surface area (Å²) < 4.78 is 24.4. The normalized spacial score (nSPS) is 30.9. The van der Waals surface area contributed by atoms with E-state index >= 15 is 0 Å². The smallest absolute Gasteiger partial charge is 0.123 e. The number of rotatable bonds is 2. The molecule has 2 aliphatic rings.